The van der Waals surface area contributed by atoms with Crippen molar-refractivity contribution in [3.8, 4) is 5.75 Å². The predicted octanol–water partition coefficient (Wildman–Crippen LogP) is 3.82. The number of methoxy groups -OCH3 is 1. The van der Waals surface area contributed by atoms with Gasteiger partial charge >= 0.3 is 0 Å². The number of para-hydroxylation sites is 2. The van der Waals surface area contributed by atoms with Crippen LogP contribution >= 0.6 is 0 Å². The molecule has 2 aromatic carbocycles. The normalized spacial score (nSPS) is 13.9. The summed E-state index contributed by atoms with van der Waals surface area (Å²) in [6, 6.07) is 15.9. The van der Waals surface area contributed by atoms with Gasteiger partial charge in [-0.1, -0.05) is 24.3 Å². The van der Waals surface area contributed by atoms with Crippen molar-refractivity contribution in [3.05, 3.63) is 89.8 Å². The lowest BCUT2D eigenvalue weighted by Gasteiger charge is -2.14. The molecule has 1 N–H and O–H groups in total. The molecule has 0 fully saturated rings. The molecular formula is C22H17FN2O4. The Morgan fingerprint density at radius 1 is 1.00 bits per heavy atom. The van der Waals surface area contributed by atoms with Gasteiger partial charge in [0.2, 0.25) is 0 Å². The molecule has 6 nitrogen and oxygen atoms in total. The van der Waals surface area contributed by atoms with Gasteiger partial charge in [0.25, 0.3) is 11.8 Å². The average Bonchev–Trinajstić information content (AvgIpc) is 3.32. The van der Waals surface area contributed by atoms with E-state index < -0.39 is 17.6 Å². The zero-order valence-corrected chi connectivity index (χ0v) is 15.5. The van der Waals surface area contributed by atoms with Gasteiger partial charge in [-0.2, -0.15) is 0 Å². The number of nitrogens with zero attached hydrogens (tertiary/aromatic N) is 1. The molecule has 0 atom stereocenters. The number of furan rings is 1. The molecule has 7 heteroatoms. The minimum absolute atomic E-state index is 0.00747. The molecule has 0 aliphatic carbocycles. The Kier molecular flexibility index (Phi) is 4.87. The molecule has 4 rings (SSSR count). The van der Waals surface area contributed by atoms with Crippen molar-refractivity contribution in [1.82, 2.24) is 4.90 Å². The first kappa shape index (κ1) is 18.5. The fourth-order valence-electron chi connectivity index (χ4n) is 3.16. The number of carbonyl (C=O) groups excluding carboxylic acids is 2. The van der Waals surface area contributed by atoms with Crippen LogP contribution in [0.15, 0.2) is 77.0 Å². The highest BCUT2D eigenvalue weighted by Crippen LogP contribution is 2.34. The monoisotopic (exact) mass is 392 g/mol. The lowest BCUT2D eigenvalue weighted by molar-refractivity contribution is -0.137. The van der Waals surface area contributed by atoms with Crippen LogP contribution in [0.1, 0.15) is 11.3 Å². The van der Waals surface area contributed by atoms with Crippen molar-refractivity contribution in [3.63, 3.8) is 0 Å². The Bertz CT molecular complexity index is 1090. The maximum absolute atomic E-state index is 13.4. The quantitative estimate of drug-likeness (QED) is 0.646. The molecule has 0 unspecified atom stereocenters. The van der Waals surface area contributed by atoms with Crippen molar-refractivity contribution in [1.29, 1.82) is 0 Å². The smallest absolute Gasteiger partial charge is 0.278 e. The summed E-state index contributed by atoms with van der Waals surface area (Å²) in [4.78, 5) is 27.3. The van der Waals surface area contributed by atoms with Gasteiger partial charge in [0, 0.05) is 0 Å². The minimum atomic E-state index is -0.503. The Morgan fingerprint density at radius 2 is 1.76 bits per heavy atom. The fourth-order valence-corrected chi connectivity index (χ4v) is 3.16. The highest BCUT2D eigenvalue weighted by Gasteiger charge is 2.39. The lowest BCUT2D eigenvalue weighted by atomic mass is 10.0. The lowest BCUT2D eigenvalue weighted by Crippen LogP contribution is -2.31. The van der Waals surface area contributed by atoms with Gasteiger partial charge in [0.1, 0.15) is 23.0 Å². The Morgan fingerprint density at radius 3 is 2.45 bits per heavy atom. The first-order valence-corrected chi connectivity index (χ1v) is 8.87. The summed E-state index contributed by atoms with van der Waals surface area (Å²) in [5.74, 6) is -0.434. The Hall–Kier alpha value is -3.87. The molecule has 29 heavy (non-hydrogen) atoms. The van der Waals surface area contributed by atoms with E-state index in [1.54, 1.807) is 36.4 Å². The van der Waals surface area contributed by atoms with E-state index in [9.17, 15) is 14.0 Å². The van der Waals surface area contributed by atoms with Gasteiger partial charge in [0.05, 0.1) is 31.2 Å². The molecule has 0 spiro atoms. The predicted molar refractivity (Wildman–Crippen MR) is 104 cm³/mol. The molecule has 2 amide bonds. The van der Waals surface area contributed by atoms with E-state index in [-0.39, 0.29) is 17.8 Å². The van der Waals surface area contributed by atoms with Crippen LogP contribution in [-0.2, 0) is 16.1 Å². The number of benzene rings is 2. The van der Waals surface area contributed by atoms with Crippen LogP contribution in [0.25, 0.3) is 5.57 Å². The summed E-state index contributed by atoms with van der Waals surface area (Å²) in [5, 5.41) is 3.03. The van der Waals surface area contributed by atoms with Crippen molar-refractivity contribution < 1.29 is 23.1 Å². The Balaban J connectivity index is 1.77. The van der Waals surface area contributed by atoms with E-state index in [0.29, 0.717) is 22.8 Å². The molecule has 1 aromatic heterocycles. The number of hydrogen-bond acceptors (Lipinski definition) is 5. The van der Waals surface area contributed by atoms with E-state index in [4.69, 9.17) is 9.15 Å². The van der Waals surface area contributed by atoms with Crippen LogP contribution in [-0.4, -0.2) is 23.8 Å². The van der Waals surface area contributed by atoms with Gasteiger partial charge in [0.15, 0.2) is 0 Å². The second-order valence-electron chi connectivity index (χ2n) is 6.36. The number of nitrogens with one attached hydrogen (secondary N) is 1. The van der Waals surface area contributed by atoms with Crippen molar-refractivity contribution >= 4 is 23.1 Å². The third-order valence-corrected chi connectivity index (χ3v) is 4.56. The number of amides is 2. The topological polar surface area (TPSA) is 71.8 Å². The van der Waals surface area contributed by atoms with Crippen molar-refractivity contribution in [2.75, 3.05) is 12.4 Å². The standard InChI is InChI=1S/C22H17FN2O4/c1-28-18-7-3-2-6-17(18)24-20-19(14-8-10-15(23)11-9-14)21(26)25(22(20)27)13-16-5-4-12-29-16/h2-12,24H,13H2,1H3. The van der Waals surface area contributed by atoms with Crippen LogP contribution in [0.3, 0.4) is 0 Å². The second kappa shape index (κ2) is 7.63. The first-order valence-electron chi connectivity index (χ1n) is 8.87. The largest absolute Gasteiger partial charge is 0.495 e. The van der Waals surface area contributed by atoms with Gasteiger partial charge in [-0.15, -0.1) is 0 Å². The molecule has 0 bridgehead atoms. The molecular weight excluding hydrogens is 375 g/mol. The van der Waals surface area contributed by atoms with Crippen molar-refractivity contribution in [2.45, 2.75) is 6.54 Å². The van der Waals surface area contributed by atoms with Gasteiger partial charge < -0.3 is 14.5 Å². The minimum Gasteiger partial charge on any atom is -0.495 e. The van der Waals surface area contributed by atoms with E-state index >= 15 is 0 Å². The number of imide groups is 1. The average molecular weight is 392 g/mol. The SMILES string of the molecule is COc1ccccc1NC1=C(c2ccc(F)cc2)C(=O)N(Cc2ccco2)C1=O. The molecule has 1 aliphatic rings. The number of hydrogen-bond donors (Lipinski definition) is 1. The van der Waals surface area contributed by atoms with Crippen molar-refractivity contribution in [2.24, 2.45) is 0 Å². The third-order valence-electron chi connectivity index (χ3n) is 4.56. The highest BCUT2D eigenvalue weighted by molar-refractivity contribution is 6.36. The molecule has 146 valence electrons. The number of rotatable bonds is 6. The van der Waals surface area contributed by atoms with Gasteiger partial charge in [-0.3, -0.25) is 14.5 Å². The molecule has 0 saturated heterocycles. The molecule has 3 aromatic rings. The zero-order chi connectivity index (χ0) is 20.4. The van der Waals surface area contributed by atoms with Gasteiger partial charge in [-0.25, -0.2) is 4.39 Å². The van der Waals surface area contributed by atoms with Crippen LogP contribution in [0.5, 0.6) is 5.75 Å². The van der Waals surface area contributed by atoms with E-state index in [2.05, 4.69) is 5.32 Å². The van der Waals surface area contributed by atoms with Crippen LogP contribution in [0.4, 0.5) is 10.1 Å². The van der Waals surface area contributed by atoms with E-state index in [1.165, 1.54) is 37.6 Å². The molecule has 2 heterocycles. The maximum Gasteiger partial charge on any atom is 0.278 e. The molecule has 0 saturated carbocycles. The summed E-state index contributed by atoms with van der Waals surface area (Å²) < 4.78 is 24.0. The van der Waals surface area contributed by atoms with Gasteiger partial charge in [-0.05, 0) is 42.0 Å². The summed E-state index contributed by atoms with van der Waals surface area (Å²) in [6.45, 7) is -0.00747. The molecule has 0 radical (unpaired) electrons. The Labute approximate surface area is 166 Å². The van der Waals surface area contributed by atoms with Crippen LogP contribution in [0, 0.1) is 5.82 Å². The van der Waals surface area contributed by atoms with E-state index in [0.717, 1.165) is 4.90 Å². The summed E-state index contributed by atoms with van der Waals surface area (Å²) in [6.07, 6.45) is 1.47. The number of ether oxygens (including phenoxy) is 1. The second-order valence-corrected chi connectivity index (χ2v) is 6.36. The number of carbonyl (C=O) groups is 2. The fraction of sp³-hybridized carbons (Fsp3) is 0.0909. The third kappa shape index (κ3) is 3.50. The summed E-state index contributed by atoms with van der Waals surface area (Å²) in [7, 11) is 1.51. The van der Waals surface area contributed by atoms with Crippen LogP contribution < -0.4 is 10.1 Å². The summed E-state index contributed by atoms with van der Waals surface area (Å²) >= 11 is 0. The zero-order valence-electron chi connectivity index (χ0n) is 15.5. The van der Waals surface area contributed by atoms with E-state index in [1.807, 2.05) is 0 Å². The highest BCUT2D eigenvalue weighted by atomic mass is 19.1. The summed E-state index contributed by atoms with van der Waals surface area (Å²) in [5.41, 5.74) is 1.22. The molecule has 1 aliphatic heterocycles. The number of anilines is 1. The number of halogens is 1. The van der Waals surface area contributed by atoms with Crippen LogP contribution in [0.2, 0.25) is 0 Å². The maximum atomic E-state index is 13.4. The first-order chi connectivity index (χ1) is 14.1.